The molecule has 0 unspecified atom stereocenters. The zero-order valence-electron chi connectivity index (χ0n) is 15.2. The fourth-order valence-electron chi connectivity index (χ4n) is 2.58. The van der Waals surface area contributed by atoms with Crippen LogP contribution in [0.15, 0.2) is 52.2 Å². The van der Waals surface area contributed by atoms with Gasteiger partial charge in [-0.3, -0.25) is 4.79 Å². The molecule has 5 heteroatoms. The SMILES string of the molecule is Cc1ccc(CSc2nc(CC(=O)Nc3ccc(C)cc3C)cs2)cc1. The number of nitrogens with zero attached hydrogens (tertiary/aromatic N) is 1. The van der Waals surface area contributed by atoms with Gasteiger partial charge >= 0.3 is 0 Å². The van der Waals surface area contributed by atoms with Gasteiger partial charge in [0.05, 0.1) is 12.1 Å². The van der Waals surface area contributed by atoms with Crippen LogP contribution in [0.1, 0.15) is 27.9 Å². The molecule has 3 aromatic rings. The van der Waals surface area contributed by atoms with Gasteiger partial charge in [0.15, 0.2) is 0 Å². The van der Waals surface area contributed by atoms with Crippen LogP contribution in [-0.2, 0) is 17.0 Å². The fraction of sp³-hybridized carbons (Fsp3) is 0.238. The first-order chi connectivity index (χ1) is 12.5. The highest BCUT2D eigenvalue weighted by Gasteiger charge is 2.10. The van der Waals surface area contributed by atoms with Crippen LogP contribution >= 0.6 is 23.1 Å². The number of benzene rings is 2. The molecule has 0 spiro atoms. The van der Waals surface area contributed by atoms with Crippen LogP contribution in [0.2, 0.25) is 0 Å². The minimum absolute atomic E-state index is 0.0302. The Labute approximate surface area is 162 Å². The predicted octanol–water partition coefficient (Wildman–Crippen LogP) is 5.54. The lowest BCUT2D eigenvalue weighted by Crippen LogP contribution is -2.15. The van der Waals surface area contributed by atoms with Crippen molar-refractivity contribution in [1.82, 2.24) is 4.98 Å². The molecule has 1 amide bonds. The molecular formula is C21H22N2OS2. The van der Waals surface area contributed by atoms with E-state index < -0.39 is 0 Å². The van der Waals surface area contributed by atoms with Gasteiger partial charge in [0.2, 0.25) is 5.91 Å². The zero-order valence-corrected chi connectivity index (χ0v) is 16.8. The number of thiazole rings is 1. The van der Waals surface area contributed by atoms with Crippen LogP contribution in [-0.4, -0.2) is 10.9 Å². The van der Waals surface area contributed by atoms with Crippen molar-refractivity contribution in [1.29, 1.82) is 0 Å². The topological polar surface area (TPSA) is 42.0 Å². The van der Waals surface area contributed by atoms with E-state index in [1.807, 2.05) is 31.4 Å². The Hall–Kier alpha value is -2.11. The summed E-state index contributed by atoms with van der Waals surface area (Å²) in [5, 5.41) is 4.95. The molecule has 1 heterocycles. The lowest BCUT2D eigenvalue weighted by atomic mass is 10.1. The van der Waals surface area contributed by atoms with E-state index in [0.717, 1.165) is 27.0 Å². The van der Waals surface area contributed by atoms with Crippen molar-refractivity contribution in [3.8, 4) is 0 Å². The van der Waals surface area contributed by atoms with Crippen molar-refractivity contribution in [2.45, 2.75) is 37.3 Å². The molecule has 26 heavy (non-hydrogen) atoms. The van der Waals surface area contributed by atoms with Gasteiger partial charge in [0.25, 0.3) is 0 Å². The molecule has 0 saturated carbocycles. The minimum atomic E-state index is -0.0302. The number of hydrogen-bond donors (Lipinski definition) is 1. The van der Waals surface area contributed by atoms with E-state index in [4.69, 9.17) is 0 Å². The summed E-state index contributed by atoms with van der Waals surface area (Å²) >= 11 is 3.31. The number of hydrogen-bond acceptors (Lipinski definition) is 4. The summed E-state index contributed by atoms with van der Waals surface area (Å²) < 4.78 is 1.000. The maximum absolute atomic E-state index is 12.3. The second-order valence-electron chi connectivity index (χ2n) is 6.42. The molecule has 3 nitrogen and oxygen atoms in total. The standard InChI is InChI=1S/C21H22N2OS2/c1-14-4-7-17(8-5-14)12-25-21-22-18(13-26-21)11-20(24)23-19-9-6-15(2)10-16(19)3/h4-10,13H,11-12H2,1-3H3,(H,23,24). The van der Waals surface area contributed by atoms with E-state index in [0.29, 0.717) is 6.42 Å². The largest absolute Gasteiger partial charge is 0.326 e. The summed E-state index contributed by atoms with van der Waals surface area (Å²) in [6.07, 6.45) is 0.301. The van der Waals surface area contributed by atoms with Crippen LogP contribution in [0.5, 0.6) is 0 Å². The summed E-state index contributed by atoms with van der Waals surface area (Å²) in [6.45, 7) is 6.14. The fourth-order valence-corrected chi connectivity index (χ4v) is 4.38. The van der Waals surface area contributed by atoms with Gasteiger partial charge in [-0.05, 0) is 38.0 Å². The quantitative estimate of drug-likeness (QED) is 0.569. The van der Waals surface area contributed by atoms with Crippen molar-refractivity contribution >= 4 is 34.7 Å². The third kappa shape index (κ3) is 5.19. The van der Waals surface area contributed by atoms with Crippen molar-refractivity contribution in [3.63, 3.8) is 0 Å². The smallest absolute Gasteiger partial charge is 0.230 e. The average Bonchev–Trinajstić information content (AvgIpc) is 3.04. The van der Waals surface area contributed by atoms with Gasteiger partial charge < -0.3 is 5.32 Å². The maximum atomic E-state index is 12.3. The maximum Gasteiger partial charge on any atom is 0.230 e. The van der Waals surface area contributed by atoms with Crippen molar-refractivity contribution < 1.29 is 4.79 Å². The lowest BCUT2D eigenvalue weighted by Gasteiger charge is -2.08. The molecule has 1 aromatic heterocycles. The van der Waals surface area contributed by atoms with Gasteiger partial charge in [-0.2, -0.15) is 0 Å². The van der Waals surface area contributed by atoms with Crippen LogP contribution in [0, 0.1) is 20.8 Å². The first kappa shape index (κ1) is 18.7. The van der Waals surface area contributed by atoms with Crippen molar-refractivity contribution in [2.75, 3.05) is 5.32 Å². The van der Waals surface area contributed by atoms with Gasteiger partial charge in [-0.25, -0.2) is 4.98 Å². The van der Waals surface area contributed by atoms with E-state index in [2.05, 4.69) is 47.6 Å². The van der Waals surface area contributed by atoms with Crippen molar-refractivity contribution in [2.24, 2.45) is 0 Å². The summed E-state index contributed by atoms with van der Waals surface area (Å²) in [4.78, 5) is 16.9. The normalized spacial score (nSPS) is 10.7. The Kier molecular flexibility index (Phi) is 6.12. The Bertz CT molecular complexity index is 901. The number of anilines is 1. The number of rotatable bonds is 6. The number of aryl methyl sites for hydroxylation is 3. The second kappa shape index (κ2) is 8.52. The van der Waals surface area contributed by atoms with E-state index in [1.165, 1.54) is 16.7 Å². The minimum Gasteiger partial charge on any atom is -0.326 e. The number of amides is 1. The molecular weight excluding hydrogens is 360 g/mol. The molecule has 0 saturated heterocycles. The molecule has 2 aromatic carbocycles. The number of nitrogens with one attached hydrogen (secondary N) is 1. The number of thioether (sulfide) groups is 1. The third-order valence-corrected chi connectivity index (χ3v) is 6.15. The first-order valence-electron chi connectivity index (χ1n) is 8.49. The Morgan fingerprint density at radius 2 is 1.81 bits per heavy atom. The van der Waals surface area contributed by atoms with Crippen LogP contribution in [0.3, 0.4) is 0 Å². The highest BCUT2D eigenvalue weighted by molar-refractivity contribution is 8.00. The molecule has 0 aliphatic rings. The molecule has 0 fully saturated rings. The molecule has 1 N–H and O–H groups in total. The van der Waals surface area contributed by atoms with Crippen LogP contribution < -0.4 is 5.32 Å². The lowest BCUT2D eigenvalue weighted by molar-refractivity contribution is -0.115. The Balaban J connectivity index is 1.54. The van der Waals surface area contributed by atoms with E-state index in [9.17, 15) is 4.79 Å². The Morgan fingerprint density at radius 3 is 2.54 bits per heavy atom. The number of carbonyl (C=O) groups is 1. The molecule has 0 bridgehead atoms. The molecule has 0 atom stereocenters. The van der Waals surface area contributed by atoms with Gasteiger partial charge in [-0.1, -0.05) is 59.3 Å². The average molecular weight is 383 g/mol. The molecule has 134 valence electrons. The first-order valence-corrected chi connectivity index (χ1v) is 10.4. The Morgan fingerprint density at radius 1 is 1.08 bits per heavy atom. The van der Waals surface area contributed by atoms with Gasteiger partial charge in [-0.15, -0.1) is 11.3 Å². The monoisotopic (exact) mass is 382 g/mol. The summed E-state index contributed by atoms with van der Waals surface area (Å²) in [7, 11) is 0. The van der Waals surface area contributed by atoms with E-state index >= 15 is 0 Å². The van der Waals surface area contributed by atoms with Crippen LogP contribution in [0.25, 0.3) is 0 Å². The molecule has 0 aliphatic heterocycles. The molecule has 0 radical (unpaired) electrons. The second-order valence-corrected chi connectivity index (χ2v) is 8.50. The summed E-state index contributed by atoms with van der Waals surface area (Å²) in [6, 6.07) is 14.6. The van der Waals surface area contributed by atoms with Crippen molar-refractivity contribution in [3.05, 3.63) is 75.8 Å². The van der Waals surface area contributed by atoms with E-state index in [1.54, 1.807) is 23.1 Å². The zero-order chi connectivity index (χ0) is 18.5. The highest BCUT2D eigenvalue weighted by Crippen LogP contribution is 2.26. The van der Waals surface area contributed by atoms with Gasteiger partial charge in [0.1, 0.15) is 4.34 Å². The molecule has 0 aliphatic carbocycles. The predicted molar refractivity (Wildman–Crippen MR) is 111 cm³/mol. The third-order valence-electron chi connectivity index (χ3n) is 4.01. The summed E-state index contributed by atoms with van der Waals surface area (Å²) in [5.41, 5.74) is 6.50. The summed E-state index contributed by atoms with van der Waals surface area (Å²) in [5.74, 6) is 0.861. The van der Waals surface area contributed by atoms with E-state index in [-0.39, 0.29) is 5.91 Å². The van der Waals surface area contributed by atoms with Crippen LogP contribution in [0.4, 0.5) is 5.69 Å². The molecule has 3 rings (SSSR count). The highest BCUT2D eigenvalue weighted by atomic mass is 32.2. The van der Waals surface area contributed by atoms with Gasteiger partial charge in [0, 0.05) is 16.8 Å². The number of carbonyl (C=O) groups excluding carboxylic acids is 1. The number of aromatic nitrogens is 1.